The Balaban J connectivity index is 2.87. The molecule has 0 aliphatic heterocycles. The molecule has 1 saturated carbocycles. The molecule has 4 nitrogen and oxygen atoms in total. The van der Waals surface area contributed by atoms with E-state index in [1.165, 1.54) is 4.90 Å². The molecule has 0 atom stereocenters. The minimum atomic E-state index is -0.975. The summed E-state index contributed by atoms with van der Waals surface area (Å²) in [6, 6.07) is 0. The van der Waals surface area contributed by atoms with Gasteiger partial charge >= 0.3 is 5.97 Å². The number of hydrogen-bond donors (Lipinski definition) is 1. The maximum atomic E-state index is 11.3. The number of aliphatic carboxylic acids is 1. The van der Waals surface area contributed by atoms with Gasteiger partial charge in [0.2, 0.25) is 6.41 Å². The zero-order valence-corrected chi connectivity index (χ0v) is 9.62. The summed E-state index contributed by atoms with van der Waals surface area (Å²) in [7, 11) is 1.56. The van der Waals surface area contributed by atoms with Gasteiger partial charge in [0.25, 0.3) is 0 Å². The summed E-state index contributed by atoms with van der Waals surface area (Å²) < 4.78 is 0. The molecule has 0 heterocycles. The first-order valence-corrected chi connectivity index (χ1v) is 5.26. The van der Waals surface area contributed by atoms with E-state index in [2.05, 4.69) is 13.8 Å². The minimum absolute atomic E-state index is 0.197. The summed E-state index contributed by atoms with van der Waals surface area (Å²) in [5, 5.41) is 9.26. The van der Waals surface area contributed by atoms with Gasteiger partial charge in [-0.3, -0.25) is 4.79 Å². The molecular weight excluding hydrogens is 194 g/mol. The van der Waals surface area contributed by atoms with Crippen molar-refractivity contribution >= 4 is 12.4 Å². The van der Waals surface area contributed by atoms with Gasteiger partial charge in [-0.2, -0.15) is 0 Å². The number of likely N-dealkylation sites (N-methyl/N-ethyl adjacent to an activating group) is 1. The summed E-state index contributed by atoms with van der Waals surface area (Å²) >= 11 is 0. The highest BCUT2D eigenvalue weighted by molar-refractivity contribution is 5.81. The molecule has 1 fully saturated rings. The molecule has 0 unspecified atom stereocenters. The fourth-order valence-electron chi connectivity index (χ4n) is 2.16. The van der Waals surface area contributed by atoms with Crippen molar-refractivity contribution in [3.63, 3.8) is 0 Å². The van der Waals surface area contributed by atoms with Crippen molar-refractivity contribution in [3.8, 4) is 0 Å². The van der Waals surface area contributed by atoms with Crippen LogP contribution in [0.4, 0.5) is 0 Å². The number of carbonyl (C=O) groups excluding carboxylic acids is 1. The van der Waals surface area contributed by atoms with Crippen molar-refractivity contribution < 1.29 is 14.7 Å². The van der Waals surface area contributed by atoms with Crippen LogP contribution in [0, 0.1) is 5.41 Å². The van der Waals surface area contributed by atoms with Crippen molar-refractivity contribution in [1.82, 2.24) is 4.90 Å². The van der Waals surface area contributed by atoms with E-state index in [1.54, 1.807) is 7.05 Å². The first kappa shape index (κ1) is 12.0. The summed E-state index contributed by atoms with van der Waals surface area (Å²) in [5.41, 5.74) is -0.778. The zero-order chi connectivity index (χ0) is 11.7. The van der Waals surface area contributed by atoms with Gasteiger partial charge in [0.15, 0.2) is 0 Å². The van der Waals surface area contributed by atoms with Crippen LogP contribution < -0.4 is 0 Å². The number of amides is 1. The molecule has 4 heteroatoms. The third kappa shape index (κ3) is 2.13. The lowest BCUT2D eigenvalue weighted by molar-refractivity contribution is -0.157. The van der Waals surface area contributed by atoms with Crippen LogP contribution in [-0.4, -0.2) is 35.0 Å². The fraction of sp³-hybridized carbons (Fsp3) is 0.818. The first-order valence-electron chi connectivity index (χ1n) is 5.26. The number of rotatable bonds is 3. The van der Waals surface area contributed by atoms with Crippen molar-refractivity contribution in [2.45, 2.75) is 45.1 Å². The summed E-state index contributed by atoms with van der Waals surface area (Å²) in [6.07, 6.45) is 3.40. The van der Waals surface area contributed by atoms with E-state index in [0.29, 0.717) is 19.3 Å². The van der Waals surface area contributed by atoms with E-state index in [9.17, 15) is 14.7 Å². The molecule has 0 spiro atoms. The summed E-state index contributed by atoms with van der Waals surface area (Å²) in [6.45, 7) is 4.28. The normalized spacial score (nSPS) is 23.1. The molecule has 86 valence electrons. The van der Waals surface area contributed by atoms with Gasteiger partial charge in [-0.05, 0) is 31.1 Å². The van der Waals surface area contributed by atoms with E-state index in [4.69, 9.17) is 0 Å². The molecule has 0 aromatic rings. The smallest absolute Gasteiger partial charge is 0.329 e. The third-order valence-corrected chi connectivity index (χ3v) is 3.66. The average molecular weight is 213 g/mol. The van der Waals surface area contributed by atoms with Crippen LogP contribution in [0.15, 0.2) is 0 Å². The second-order valence-corrected chi connectivity index (χ2v) is 5.22. The number of nitrogens with zero attached hydrogens (tertiary/aromatic N) is 1. The fourth-order valence-corrected chi connectivity index (χ4v) is 2.16. The van der Waals surface area contributed by atoms with Gasteiger partial charge in [-0.25, -0.2) is 4.79 Å². The molecule has 1 aliphatic carbocycles. The SMILES string of the molecule is CN(C=O)C1(C(=O)O)CCC(C)(C)CC1. The van der Waals surface area contributed by atoms with E-state index < -0.39 is 11.5 Å². The topological polar surface area (TPSA) is 57.6 Å². The first-order chi connectivity index (χ1) is 6.84. The Kier molecular flexibility index (Phi) is 3.07. The molecule has 0 aromatic carbocycles. The molecule has 1 amide bonds. The maximum Gasteiger partial charge on any atom is 0.329 e. The number of carboxylic acids is 1. The monoisotopic (exact) mass is 213 g/mol. The Morgan fingerprint density at radius 3 is 2.07 bits per heavy atom. The van der Waals surface area contributed by atoms with Crippen LogP contribution in [-0.2, 0) is 9.59 Å². The molecule has 0 radical (unpaired) electrons. The number of carboxylic acid groups (broad SMARTS) is 1. The Morgan fingerprint density at radius 2 is 1.73 bits per heavy atom. The highest BCUT2D eigenvalue weighted by atomic mass is 16.4. The van der Waals surface area contributed by atoms with Crippen molar-refractivity contribution in [1.29, 1.82) is 0 Å². The second-order valence-electron chi connectivity index (χ2n) is 5.22. The zero-order valence-electron chi connectivity index (χ0n) is 9.62. The highest BCUT2D eigenvalue weighted by Crippen LogP contribution is 2.42. The van der Waals surface area contributed by atoms with Gasteiger partial charge in [0.1, 0.15) is 5.54 Å². The van der Waals surface area contributed by atoms with Crippen molar-refractivity contribution in [2.75, 3.05) is 7.05 Å². The van der Waals surface area contributed by atoms with Gasteiger partial charge in [0, 0.05) is 7.05 Å². The average Bonchev–Trinajstić information content (AvgIpc) is 2.17. The second kappa shape index (κ2) is 3.83. The lowest BCUT2D eigenvalue weighted by atomic mass is 9.69. The van der Waals surface area contributed by atoms with Crippen LogP contribution in [0.2, 0.25) is 0 Å². The van der Waals surface area contributed by atoms with Crippen LogP contribution in [0.3, 0.4) is 0 Å². The molecule has 1 aliphatic rings. The highest BCUT2D eigenvalue weighted by Gasteiger charge is 2.46. The van der Waals surface area contributed by atoms with E-state index in [-0.39, 0.29) is 5.41 Å². The Morgan fingerprint density at radius 1 is 1.27 bits per heavy atom. The predicted molar refractivity (Wildman–Crippen MR) is 56.4 cm³/mol. The van der Waals surface area contributed by atoms with Gasteiger partial charge < -0.3 is 10.0 Å². The summed E-state index contributed by atoms with van der Waals surface area (Å²) in [4.78, 5) is 23.3. The van der Waals surface area contributed by atoms with Crippen LogP contribution >= 0.6 is 0 Å². The molecule has 0 saturated heterocycles. The maximum absolute atomic E-state index is 11.3. The molecule has 1 N–H and O–H groups in total. The van der Waals surface area contributed by atoms with Crippen LogP contribution in [0.1, 0.15) is 39.5 Å². The largest absolute Gasteiger partial charge is 0.479 e. The van der Waals surface area contributed by atoms with Gasteiger partial charge in [0.05, 0.1) is 0 Å². The molecular formula is C11H19NO3. The summed E-state index contributed by atoms with van der Waals surface area (Å²) in [5.74, 6) is -0.882. The standard InChI is InChI=1S/C11H19NO3/c1-10(2)4-6-11(7-5-10,9(14)15)12(3)8-13/h8H,4-7H2,1-3H3,(H,14,15). The number of carbonyl (C=O) groups is 2. The van der Waals surface area contributed by atoms with E-state index in [0.717, 1.165) is 12.8 Å². The lowest BCUT2D eigenvalue weighted by Crippen LogP contribution is -2.55. The van der Waals surface area contributed by atoms with Crippen molar-refractivity contribution in [3.05, 3.63) is 0 Å². The van der Waals surface area contributed by atoms with Crippen LogP contribution in [0.25, 0.3) is 0 Å². The molecule has 15 heavy (non-hydrogen) atoms. The Hall–Kier alpha value is -1.06. The molecule has 0 bridgehead atoms. The lowest BCUT2D eigenvalue weighted by Gasteiger charge is -2.44. The van der Waals surface area contributed by atoms with Crippen molar-refractivity contribution in [2.24, 2.45) is 5.41 Å². The Bertz CT molecular complexity index is 263. The van der Waals surface area contributed by atoms with Crippen LogP contribution in [0.5, 0.6) is 0 Å². The van der Waals surface area contributed by atoms with Gasteiger partial charge in [-0.15, -0.1) is 0 Å². The third-order valence-electron chi connectivity index (χ3n) is 3.66. The molecule has 0 aromatic heterocycles. The van der Waals surface area contributed by atoms with E-state index >= 15 is 0 Å². The predicted octanol–water partition coefficient (Wildman–Crippen LogP) is 1.50. The quantitative estimate of drug-likeness (QED) is 0.723. The Labute approximate surface area is 90.3 Å². The van der Waals surface area contributed by atoms with Gasteiger partial charge in [-0.1, -0.05) is 13.8 Å². The minimum Gasteiger partial charge on any atom is -0.479 e. The number of hydrogen-bond acceptors (Lipinski definition) is 2. The molecule has 1 rings (SSSR count). The van der Waals surface area contributed by atoms with E-state index in [1.807, 2.05) is 0 Å².